The first kappa shape index (κ1) is 17.5. The Balaban J connectivity index is 1.53. The standard InChI is InChI=1S/C22H24N4O/c1-14(13-26(2)3)23-22(27)16-10-8-15(9-11-16)20-19-12-17-6-4-5-7-18(17)21(19)25-24-20/h4-11,14H,12-13H2,1-3H3,(H,23,27)(H,24,25). The monoisotopic (exact) mass is 360 g/mol. The molecule has 0 saturated carbocycles. The fourth-order valence-electron chi connectivity index (χ4n) is 3.79. The van der Waals surface area contributed by atoms with Gasteiger partial charge in [0.25, 0.3) is 5.91 Å². The molecule has 1 aliphatic rings. The van der Waals surface area contributed by atoms with E-state index in [-0.39, 0.29) is 11.9 Å². The van der Waals surface area contributed by atoms with Crippen LogP contribution in [0.4, 0.5) is 0 Å². The molecule has 1 unspecified atom stereocenters. The Morgan fingerprint density at radius 2 is 1.93 bits per heavy atom. The summed E-state index contributed by atoms with van der Waals surface area (Å²) in [5.74, 6) is -0.0458. The predicted octanol–water partition coefficient (Wildman–Crippen LogP) is 3.33. The van der Waals surface area contributed by atoms with E-state index in [1.807, 2.05) is 45.3 Å². The molecule has 138 valence electrons. The summed E-state index contributed by atoms with van der Waals surface area (Å²) < 4.78 is 0. The minimum atomic E-state index is -0.0458. The van der Waals surface area contributed by atoms with Gasteiger partial charge >= 0.3 is 0 Å². The van der Waals surface area contributed by atoms with E-state index >= 15 is 0 Å². The first-order chi connectivity index (χ1) is 13.0. The van der Waals surface area contributed by atoms with Gasteiger partial charge in [-0.1, -0.05) is 36.4 Å². The van der Waals surface area contributed by atoms with E-state index in [2.05, 4.69) is 44.7 Å². The van der Waals surface area contributed by atoms with Crippen LogP contribution in [0.25, 0.3) is 22.5 Å². The van der Waals surface area contributed by atoms with Crippen molar-refractivity contribution in [2.45, 2.75) is 19.4 Å². The Morgan fingerprint density at radius 1 is 1.19 bits per heavy atom. The minimum Gasteiger partial charge on any atom is -0.348 e. The van der Waals surface area contributed by atoms with Crippen molar-refractivity contribution in [3.63, 3.8) is 0 Å². The highest BCUT2D eigenvalue weighted by atomic mass is 16.1. The highest BCUT2D eigenvalue weighted by Crippen LogP contribution is 2.39. The molecule has 0 bridgehead atoms. The molecule has 5 heteroatoms. The third kappa shape index (κ3) is 3.38. The van der Waals surface area contributed by atoms with Gasteiger partial charge in [0, 0.05) is 41.3 Å². The molecular weight excluding hydrogens is 336 g/mol. The van der Waals surface area contributed by atoms with Gasteiger partial charge in [0.1, 0.15) is 0 Å². The van der Waals surface area contributed by atoms with E-state index in [1.54, 1.807) is 0 Å². The lowest BCUT2D eigenvalue weighted by Gasteiger charge is -2.18. The number of aromatic amines is 1. The van der Waals surface area contributed by atoms with E-state index in [0.29, 0.717) is 5.56 Å². The van der Waals surface area contributed by atoms with Crippen molar-refractivity contribution in [2.75, 3.05) is 20.6 Å². The largest absolute Gasteiger partial charge is 0.348 e. The first-order valence-corrected chi connectivity index (χ1v) is 9.24. The van der Waals surface area contributed by atoms with Crippen molar-refractivity contribution in [3.05, 3.63) is 65.2 Å². The normalized spacial score (nSPS) is 13.3. The van der Waals surface area contributed by atoms with Crippen molar-refractivity contribution in [3.8, 4) is 22.5 Å². The molecule has 0 fully saturated rings. The maximum Gasteiger partial charge on any atom is 0.251 e. The second-order valence-corrected chi connectivity index (χ2v) is 7.47. The number of carbonyl (C=O) groups is 1. The number of hydrogen-bond acceptors (Lipinski definition) is 3. The molecule has 1 atom stereocenters. The quantitative estimate of drug-likeness (QED) is 0.574. The van der Waals surface area contributed by atoms with Gasteiger partial charge in [-0.2, -0.15) is 5.10 Å². The molecule has 5 nitrogen and oxygen atoms in total. The highest BCUT2D eigenvalue weighted by molar-refractivity contribution is 5.95. The molecule has 2 aromatic carbocycles. The second-order valence-electron chi connectivity index (χ2n) is 7.47. The molecule has 4 rings (SSSR count). The summed E-state index contributed by atoms with van der Waals surface area (Å²) >= 11 is 0. The van der Waals surface area contributed by atoms with Crippen LogP contribution in [0.1, 0.15) is 28.4 Å². The zero-order valence-electron chi connectivity index (χ0n) is 15.9. The Kier molecular flexibility index (Phi) is 4.54. The van der Waals surface area contributed by atoms with Gasteiger partial charge in [-0.15, -0.1) is 0 Å². The number of hydrogen-bond donors (Lipinski definition) is 2. The summed E-state index contributed by atoms with van der Waals surface area (Å²) in [5, 5.41) is 10.8. The third-order valence-corrected chi connectivity index (χ3v) is 4.96. The zero-order valence-corrected chi connectivity index (χ0v) is 15.9. The van der Waals surface area contributed by atoms with E-state index in [1.165, 1.54) is 16.7 Å². The van der Waals surface area contributed by atoms with Crippen LogP contribution in [0.2, 0.25) is 0 Å². The van der Waals surface area contributed by atoms with Gasteiger partial charge in [-0.25, -0.2) is 0 Å². The number of nitrogens with zero attached hydrogens (tertiary/aromatic N) is 2. The number of H-pyrrole nitrogens is 1. The van der Waals surface area contributed by atoms with Gasteiger partial charge in [-0.3, -0.25) is 9.89 Å². The Morgan fingerprint density at radius 3 is 2.67 bits per heavy atom. The van der Waals surface area contributed by atoms with Crippen molar-refractivity contribution in [2.24, 2.45) is 0 Å². The number of nitrogens with one attached hydrogen (secondary N) is 2. The zero-order chi connectivity index (χ0) is 19.0. The number of likely N-dealkylation sites (N-methyl/N-ethyl adjacent to an activating group) is 1. The maximum atomic E-state index is 12.4. The fraction of sp³-hybridized carbons (Fsp3) is 0.273. The molecule has 0 radical (unpaired) electrons. The van der Waals surface area contributed by atoms with Crippen LogP contribution in [0, 0.1) is 0 Å². The lowest BCUT2D eigenvalue weighted by Crippen LogP contribution is -2.39. The molecular formula is C22H24N4O. The Labute approximate surface area is 159 Å². The van der Waals surface area contributed by atoms with Crippen LogP contribution in [0.5, 0.6) is 0 Å². The Bertz CT molecular complexity index is 972. The van der Waals surface area contributed by atoms with Crippen molar-refractivity contribution in [1.82, 2.24) is 20.4 Å². The molecule has 3 aromatic rings. The second kappa shape index (κ2) is 7.00. The summed E-state index contributed by atoms with van der Waals surface area (Å²) in [6.07, 6.45) is 0.891. The van der Waals surface area contributed by atoms with E-state index in [9.17, 15) is 4.79 Å². The number of rotatable bonds is 5. The van der Waals surface area contributed by atoms with Gasteiger partial charge in [0.15, 0.2) is 0 Å². The summed E-state index contributed by atoms with van der Waals surface area (Å²) in [6.45, 7) is 2.82. The van der Waals surface area contributed by atoms with E-state index in [4.69, 9.17) is 0 Å². The van der Waals surface area contributed by atoms with Crippen molar-refractivity contribution in [1.29, 1.82) is 0 Å². The number of amides is 1. The van der Waals surface area contributed by atoms with Gasteiger partial charge in [0.2, 0.25) is 0 Å². The van der Waals surface area contributed by atoms with Crippen LogP contribution in [0.15, 0.2) is 48.5 Å². The van der Waals surface area contributed by atoms with Crippen LogP contribution < -0.4 is 5.32 Å². The maximum absolute atomic E-state index is 12.4. The van der Waals surface area contributed by atoms with E-state index < -0.39 is 0 Å². The minimum absolute atomic E-state index is 0.0458. The van der Waals surface area contributed by atoms with Gasteiger partial charge < -0.3 is 10.2 Å². The number of fused-ring (bicyclic) bond motifs is 3. The summed E-state index contributed by atoms with van der Waals surface area (Å²) in [5.41, 5.74) is 7.56. The summed E-state index contributed by atoms with van der Waals surface area (Å²) in [6, 6.07) is 16.2. The molecule has 1 amide bonds. The smallest absolute Gasteiger partial charge is 0.251 e. The third-order valence-electron chi connectivity index (χ3n) is 4.96. The van der Waals surface area contributed by atoms with Crippen molar-refractivity contribution < 1.29 is 4.79 Å². The van der Waals surface area contributed by atoms with Crippen LogP contribution in [-0.2, 0) is 6.42 Å². The lowest BCUT2D eigenvalue weighted by molar-refractivity contribution is 0.0934. The number of aromatic nitrogens is 2. The first-order valence-electron chi connectivity index (χ1n) is 9.24. The SMILES string of the molecule is CC(CN(C)C)NC(=O)c1ccc(-c2n[nH]c3c2Cc2ccccc2-3)cc1. The average molecular weight is 360 g/mol. The highest BCUT2D eigenvalue weighted by Gasteiger charge is 2.24. The average Bonchev–Trinajstić information content (AvgIpc) is 3.20. The number of carbonyl (C=O) groups excluding carboxylic acids is 1. The van der Waals surface area contributed by atoms with Crippen LogP contribution in [-0.4, -0.2) is 47.7 Å². The molecule has 0 saturated heterocycles. The molecule has 1 aromatic heterocycles. The molecule has 2 N–H and O–H groups in total. The van der Waals surface area contributed by atoms with E-state index in [0.717, 1.165) is 29.9 Å². The topological polar surface area (TPSA) is 61.0 Å². The molecule has 0 spiro atoms. The molecule has 0 aliphatic heterocycles. The van der Waals surface area contributed by atoms with Crippen LogP contribution >= 0.6 is 0 Å². The van der Waals surface area contributed by atoms with Crippen LogP contribution in [0.3, 0.4) is 0 Å². The Hall–Kier alpha value is -2.92. The van der Waals surface area contributed by atoms with Gasteiger partial charge in [-0.05, 0) is 38.7 Å². The molecule has 27 heavy (non-hydrogen) atoms. The lowest BCUT2D eigenvalue weighted by atomic mass is 10.0. The summed E-state index contributed by atoms with van der Waals surface area (Å²) in [7, 11) is 4.00. The number of benzene rings is 2. The molecule has 1 heterocycles. The van der Waals surface area contributed by atoms with Crippen molar-refractivity contribution >= 4 is 5.91 Å². The summed E-state index contributed by atoms with van der Waals surface area (Å²) in [4.78, 5) is 14.5. The van der Waals surface area contributed by atoms with Gasteiger partial charge in [0.05, 0.1) is 11.4 Å². The molecule has 1 aliphatic carbocycles. The predicted molar refractivity (Wildman–Crippen MR) is 108 cm³/mol. The fourth-order valence-corrected chi connectivity index (χ4v) is 3.79.